The van der Waals surface area contributed by atoms with Gasteiger partial charge in [0.2, 0.25) is 5.88 Å². The molecule has 0 fully saturated rings. The Balaban J connectivity index is 1.64. The van der Waals surface area contributed by atoms with Crippen molar-refractivity contribution in [1.29, 1.82) is 0 Å². The number of hydrogen-bond acceptors (Lipinski definition) is 3. The maximum absolute atomic E-state index is 5.81. The van der Waals surface area contributed by atoms with E-state index in [1.807, 2.05) is 65.2 Å². The van der Waals surface area contributed by atoms with Crippen molar-refractivity contribution in [3.8, 4) is 17.1 Å². The highest BCUT2D eigenvalue weighted by atomic mass is 127. The zero-order valence-electron chi connectivity index (χ0n) is 12.8. The highest BCUT2D eigenvalue weighted by Crippen LogP contribution is 2.25. The summed E-state index contributed by atoms with van der Waals surface area (Å²) in [5, 5.41) is 4.56. The first-order valence-electron chi connectivity index (χ1n) is 7.59. The summed E-state index contributed by atoms with van der Waals surface area (Å²) < 4.78 is 8.60. The molecule has 5 heteroatoms. The second kappa shape index (κ2) is 6.60. The van der Waals surface area contributed by atoms with Crippen LogP contribution in [0.2, 0.25) is 0 Å². The van der Waals surface area contributed by atoms with Crippen LogP contribution in [0, 0.1) is 3.70 Å². The Morgan fingerprint density at radius 3 is 2.33 bits per heavy atom. The lowest BCUT2D eigenvalue weighted by Crippen LogP contribution is -2.01. The molecule has 0 aliphatic rings. The van der Waals surface area contributed by atoms with E-state index >= 15 is 0 Å². The maximum Gasteiger partial charge on any atom is 0.232 e. The van der Waals surface area contributed by atoms with Crippen molar-refractivity contribution in [2.24, 2.45) is 0 Å². The maximum atomic E-state index is 5.81. The molecular formula is C19H14IN3O. The minimum absolute atomic E-state index is 0.496. The zero-order chi connectivity index (χ0) is 16.4. The van der Waals surface area contributed by atoms with E-state index in [1.165, 1.54) is 0 Å². The van der Waals surface area contributed by atoms with Gasteiger partial charge < -0.3 is 4.74 Å². The van der Waals surface area contributed by atoms with E-state index in [9.17, 15) is 0 Å². The van der Waals surface area contributed by atoms with Crippen LogP contribution >= 0.6 is 22.6 Å². The number of nitrogens with zero attached hydrogens (tertiary/aromatic N) is 3. The van der Waals surface area contributed by atoms with Crippen LogP contribution in [0.4, 0.5) is 0 Å². The summed E-state index contributed by atoms with van der Waals surface area (Å²) in [7, 11) is 0. The first kappa shape index (κ1) is 15.1. The summed E-state index contributed by atoms with van der Waals surface area (Å²) >= 11 is 2.28. The molecule has 4 aromatic rings. The fourth-order valence-corrected chi connectivity index (χ4v) is 3.26. The molecule has 4 rings (SSSR count). The topological polar surface area (TPSA) is 39.4 Å². The zero-order valence-corrected chi connectivity index (χ0v) is 14.9. The molecule has 0 atom stereocenters. The van der Waals surface area contributed by atoms with Crippen molar-refractivity contribution in [3.05, 3.63) is 82.1 Å². The Morgan fingerprint density at radius 2 is 1.58 bits per heavy atom. The first-order chi connectivity index (χ1) is 11.8. The predicted octanol–water partition coefficient (Wildman–Crippen LogP) is 4.58. The number of aromatic nitrogens is 3. The molecule has 0 N–H and O–H groups in total. The van der Waals surface area contributed by atoms with Gasteiger partial charge in [-0.25, -0.2) is 9.50 Å². The molecule has 0 aliphatic carbocycles. The van der Waals surface area contributed by atoms with Gasteiger partial charge in [-0.05, 0) is 34.2 Å². The van der Waals surface area contributed by atoms with Gasteiger partial charge in [-0.3, -0.25) is 0 Å². The smallest absolute Gasteiger partial charge is 0.232 e. The molecule has 118 valence electrons. The lowest BCUT2D eigenvalue weighted by atomic mass is 10.2. The Kier molecular flexibility index (Phi) is 4.17. The molecule has 2 aromatic carbocycles. The van der Waals surface area contributed by atoms with Gasteiger partial charge in [-0.1, -0.05) is 60.7 Å². The molecule has 0 radical (unpaired) electrons. The highest BCUT2D eigenvalue weighted by molar-refractivity contribution is 14.1. The number of fused-ring (bicyclic) bond motifs is 1. The minimum atomic E-state index is 0.496. The molecule has 0 spiro atoms. The molecule has 24 heavy (non-hydrogen) atoms. The lowest BCUT2D eigenvalue weighted by molar-refractivity contribution is 0.289. The van der Waals surface area contributed by atoms with Gasteiger partial charge in [0.1, 0.15) is 16.0 Å². The molecule has 2 aromatic heterocycles. The summed E-state index contributed by atoms with van der Waals surface area (Å²) in [6, 6.07) is 24.0. The van der Waals surface area contributed by atoms with Gasteiger partial charge in [-0.15, -0.1) is 5.10 Å². The number of halogens is 1. The Hall–Kier alpha value is -2.41. The van der Waals surface area contributed by atoms with E-state index in [0.717, 1.165) is 26.2 Å². The summed E-state index contributed by atoms with van der Waals surface area (Å²) in [5.74, 6) is 0.585. The number of hydrogen-bond donors (Lipinski definition) is 0. The Bertz CT molecular complexity index is 968. The number of ether oxygens (including phenoxy) is 1. The molecule has 0 saturated carbocycles. The Morgan fingerprint density at radius 1 is 0.875 bits per heavy atom. The fraction of sp³-hybridized carbons (Fsp3) is 0.0526. The average Bonchev–Trinajstić information content (AvgIpc) is 2.98. The summed E-state index contributed by atoms with van der Waals surface area (Å²) in [6.45, 7) is 0.496. The van der Waals surface area contributed by atoms with Crippen LogP contribution in [-0.4, -0.2) is 14.6 Å². The second-order valence-electron chi connectivity index (χ2n) is 5.33. The molecule has 0 bridgehead atoms. The molecule has 0 aliphatic heterocycles. The van der Waals surface area contributed by atoms with Crippen LogP contribution in [0.5, 0.6) is 5.88 Å². The van der Waals surface area contributed by atoms with E-state index in [4.69, 9.17) is 4.74 Å². The third kappa shape index (κ3) is 2.99. The molecular weight excluding hydrogens is 413 g/mol. The van der Waals surface area contributed by atoms with Crippen molar-refractivity contribution < 1.29 is 4.74 Å². The standard InChI is InChI=1S/C19H14IN3O/c20-19-18(15-9-5-2-6-10-15)21-16-11-12-17(22-23(16)19)24-13-14-7-3-1-4-8-14/h1-12H,13H2. The van der Waals surface area contributed by atoms with E-state index in [2.05, 4.69) is 44.8 Å². The Labute approximate surface area is 153 Å². The normalized spacial score (nSPS) is 10.9. The minimum Gasteiger partial charge on any atom is -0.472 e. The number of benzene rings is 2. The monoisotopic (exact) mass is 427 g/mol. The van der Waals surface area contributed by atoms with Crippen LogP contribution in [0.1, 0.15) is 5.56 Å². The van der Waals surface area contributed by atoms with E-state index in [1.54, 1.807) is 0 Å². The fourth-order valence-electron chi connectivity index (χ4n) is 2.48. The summed E-state index contributed by atoms with van der Waals surface area (Å²) in [6.07, 6.45) is 0. The third-order valence-corrected chi connectivity index (χ3v) is 4.64. The van der Waals surface area contributed by atoms with Crippen molar-refractivity contribution >= 4 is 28.2 Å². The first-order valence-corrected chi connectivity index (χ1v) is 8.66. The van der Waals surface area contributed by atoms with Crippen molar-refractivity contribution in [1.82, 2.24) is 14.6 Å². The summed E-state index contributed by atoms with van der Waals surface area (Å²) in [4.78, 5) is 4.68. The molecule has 0 amide bonds. The third-order valence-electron chi connectivity index (χ3n) is 3.68. The van der Waals surface area contributed by atoms with Gasteiger partial charge >= 0.3 is 0 Å². The lowest BCUT2D eigenvalue weighted by Gasteiger charge is -2.05. The molecule has 4 nitrogen and oxygen atoms in total. The predicted molar refractivity (Wildman–Crippen MR) is 102 cm³/mol. The van der Waals surface area contributed by atoms with Crippen LogP contribution in [0.3, 0.4) is 0 Å². The van der Waals surface area contributed by atoms with E-state index in [0.29, 0.717) is 12.5 Å². The quantitative estimate of drug-likeness (QED) is 0.448. The average molecular weight is 427 g/mol. The van der Waals surface area contributed by atoms with Crippen LogP contribution in [0.15, 0.2) is 72.8 Å². The van der Waals surface area contributed by atoms with Crippen LogP contribution in [-0.2, 0) is 6.61 Å². The number of rotatable bonds is 4. The molecule has 2 heterocycles. The largest absolute Gasteiger partial charge is 0.472 e. The number of imidazole rings is 1. The van der Waals surface area contributed by atoms with Gasteiger partial charge in [0.05, 0.1) is 0 Å². The van der Waals surface area contributed by atoms with Crippen molar-refractivity contribution in [2.45, 2.75) is 6.61 Å². The van der Waals surface area contributed by atoms with Gasteiger partial charge in [0, 0.05) is 11.6 Å². The van der Waals surface area contributed by atoms with Gasteiger partial charge in [0.25, 0.3) is 0 Å². The van der Waals surface area contributed by atoms with Crippen molar-refractivity contribution in [3.63, 3.8) is 0 Å². The van der Waals surface area contributed by atoms with Gasteiger partial charge in [0.15, 0.2) is 5.65 Å². The SMILES string of the molecule is Ic1c(-c2ccccc2)nc2ccc(OCc3ccccc3)nn12. The molecule has 0 saturated heterocycles. The summed E-state index contributed by atoms with van der Waals surface area (Å²) in [5.41, 5.74) is 3.94. The van der Waals surface area contributed by atoms with Gasteiger partial charge in [-0.2, -0.15) is 0 Å². The van der Waals surface area contributed by atoms with E-state index < -0.39 is 0 Å². The highest BCUT2D eigenvalue weighted by Gasteiger charge is 2.13. The van der Waals surface area contributed by atoms with Crippen LogP contribution < -0.4 is 4.74 Å². The second-order valence-corrected chi connectivity index (χ2v) is 6.35. The molecule has 0 unspecified atom stereocenters. The van der Waals surface area contributed by atoms with E-state index in [-0.39, 0.29) is 0 Å². The van der Waals surface area contributed by atoms with Crippen LogP contribution in [0.25, 0.3) is 16.9 Å². The van der Waals surface area contributed by atoms with Crippen molar-refractivity contribution in [2.75, 3.05) is 0 Å².